The topological polar surface area (TPSA) is 65.8 Å². The molecule has 1 aliphatic rings. The first kappa shape index (κ1) is 22.9. The Hall–Kier alpha value is -2.75. The Balaban J connectivity index is 1.63. The largest absolute Gasteiger partial charge is 0.493 e. The van der Waals surface area contributed by atoms with Gasteiger partial charge in [-0.05, 0) is 41.8 Å². The molecule has 2 aromatic rings. The predicted octanol–water partition coefficient (Wildman–Crippen LogP) is 4.23. The number of benzene rings is 2. The number of piperazine rings is 1. The van der Waals surface area contributed by atoms with E-state index in [-0.39, 0.29) is 17.9 Å². The number of rotatable bonds is 7. The minimum absolute atomic E-state index is 0.0414. The quantitative estimate of drug-likeness (QED) is 0.643. The van der Waals surface area contributed by atoms with Crippen molar-refractivity contribution in [1.82, 2.24) is 9.80 Å². The number of nitrogens with zero attached hydrogens (tertiary/aromatic N) is 3. The fraction of sp³-hybridized carbons (Fsp3) is 0.417. The number of hydrogen-bond donors (Lipinski definition) is 0. The van der Waals surface area contributed by atoms with Crippen LogP contribution in [0.1, 0.15) is 29.8 Å². The Morgan fingerprint density at radius 1 is 1.10 bits per heavy atom. The third kappa shape index (κ3) is 5.69. The summed E-state index contributed by atoms with van der Waals surface area (Å²) in [7, 11) is 1.56. The molecule has 1 heterocycles. The average molecular weight is 442 g/mol. The van der Waals surface area contributed by atoms with Crippen molar-refractivity contribution in [3.8, 4) is 17.6 Å². The summed E-state index contributed by atoms with van der Waals surface area (Å²) >= 11 is 5.92. The van der Waals surface area contributed by atoms with E-state index >= 15 is 0 Å². The normalized spacial score (nSPS) is 15.4. The van der Waals surface area contributed by atoms with Gasteiger partial charge in [0.1, 0.15) is 12.6 Å². The molecular formula is C24H28ClN3O3. The van der Waals surface area contributed by atoms with E-state index in [4.69, 9.17) is 21.1 Å². The van der Waals surface area contributed by atoms with Crippen LogP contribution in [0.5, 0.6) is 11.5 Å². The molecule has 1 amide bonds. The molecule has 1 aliphatic heterocycles. The van der Waals surface area contributed by atoms with Crippen LogP contribution in [0.2, 0.25) is 5.02 Å². The number of nitriles is 1. The minimum Gasteiger partial charge on any atom is -0.493 e. The number of methoxy groups -OCH3 is 1. The maximum absolute atomic E-state index is 13.0. The Labute approximate surface area is 188 Å². The molecule has 0 N–H and O–H groups in total. The average Bonchev–Trinajstić information content (AvgIpc) is 2.79. The van der Waals surface area contributed by atoms with Crippen molar-refractivity contribution < 1.29 is 14.3 Å². The van der Waals surface area contributed by atoms with Gasteiger partial charge in [0.25, 0.3) is 5.91 Å². The summed E-state index contributed by atoms with van der Waals surface area (Å²) in [5, 5.41) is 10.1. The van der Waals surface area contributed by atoms with Crippen LogP contribution in [-0.4, -0.2) is 55.0 Å². The fourth-order valence-corrected chi connectivity index (χ4v) is 3.83. The molecule has 1 atom stereocenters. The summed E-state index contributed by atoms with van der Waals surface area (Å²) in [6.45, 7) is 7.06. The van der Waals surface area contributed by atoms with Crippen molar-refractivity contribution in [3.05, 3.63) is 58.6 Å². The van der Waals surface area contributed by atoms with Gasteiger partial charge in [0.15, 0.2) is 11.5 Å². The van der Waals surface area contributed by atoms with Crippen LogP contribution in [0.3, 0.4) is 0 Å². The maximum atomic E-state index is 13.0. The van der Waals surface area contributed by atoms with Gasteiger partial charge in [0, 0.05) is 36.8 Å². The van der Waals surface area contributed by atoms with Gasteiger partial charge in [-0.2, -0.15) is 5.26 Å². The van der Waals surface area contributed by atoms with E-state index < -0.39 is 0 Å². The highest BCUT2D eigenvalue weighted by molar-refractivity contribution is 6.30. The van der Waals surface area contributed by atoms with Gasteiger partial charge in [-0.1, -0.05) is 37.6 Å². The molecule has 0 radical (unpaired) electrons. The zero-order chi connectivity index (χ0) is 22.4. The maximum Gasteiger partial charge on any atom is 0.254 e. The predicted molar refractivity (Wildman–Crippen MR) is 120 cm³/mol. The van der Waals surface area contributed by atoms with Crippen LogP contribution in [0.25, 0.3) is 0 Å². The summed E-state index contributed by atoms with van der Waals surface area (Å²) in [4.78, 5) is 17.0. The molecule has 7 heteroatoms. The highest BCUT2D eigenvalue weighted by Crippen LogP contribution is 2.29. The van der Waals surface area contributed by atoms with Crippen molar-refractivity contribution in [2.24, 2.45) is 5.92 Å². The molecule has 1 saturated heterocycles. The lowest BCUT2D eigenvalue weighted by atomic mass is 10.0. The van der Waals surface area contributed by atoms with Gasteiger partial charge in [0.2, 0.25) is 0 Å². The molecular weight excluding hydrogens is 414 g/mol. The molecule has 0 aliphatic carbocycles. The van der Waals surface area contributed by atoms with Crippen LogP contribution in [0, 0.1) is 17.2 Å². The van der Waals surface area contributed by atoms with E-state index in [0.717, 1.165) is 5.56 Å². The van der Waals surface area contributed by atoms with Crippen LogP contribution in [-0.2, 0) is 6.61 Å². The number of ether oxygens (including phenoxy) is 2. The van der Waals surface area contributed by atoms with Gasteiger partial charge >= 0.3 is 0 Å². The lowest BCUT2D eigenvalue weighted by Gasteiger charge is -2.38. The Morgan fingerprint density at radius 2 is 1.77 bits per heavy atom. The Morgan fingerprint density at radius 3 is 2.35 bits per heavy atom. The van der Waals surface area contributed by atoms with Crippen molar-refractivity contribution in [2.75, 3.05) is 33.3 Å². The number of halogens is 1. The summed E-state index contributed by atoms with van der Waals surface area (Å²) in [6.07, 6.45) is 0. The zero-order valence-electron chi connectivity index (χ0n) is 18.2. The van der Waals surface area contributed by atoms with Gasteiger partial charge in [-0.25, -0.2) is 0 Å². The van der Waals surface area contributed by atoms with Crippen LogP contribution >= 0.6 is 11.6 Å². The highest BCUT2D eigenvalue weighted by Gasteiger charge is 2.28. The van der Waals surface area contributed by atoms with E-state index in [0.29, 0.717) is 54.9 Å². The van der Waals surface area contributed by atoms with E-state index in [1.54, 1.807) is 25.3 Å². The van der Waals surface area contributed by atoms with Crippen LogP contribution < -0.4 is 9.47 Å². The molecule has 1 fully saturated rings. The monoisotopic (exact) mass is 441 g/mol. The summed E-state index contributed by atoms with van der Waals surface area (Å²) in [5.74, 6) is 1.31. The lowest BCUT2D eigenvalue weighted by molar-refractivity contribution is 0.0576. The molecule has 164 valence electrons. The van der Waals surface area contributed by atoms with Gasteiger partial charge < -0.3 is 14.4 Å². The Kier molecular flexibility index (Phi) is 7.78. The molecule has 0 aromatic heterocycles. The van der Waals surface area contributed by atoms with Gasteiger partial charge in [-0.3, -0.25) is 9.69 Å². The van der Waals surface area contributed by atoms with Gasteiger partial charge in [-0.15, -0.1) is 0 Å². The van der Waals surface area contributed by atoms with E-state index in [9.17, 15) is 10.1 Å². The molecule has 1 unspecified atom stereocenters. The lowest BCUT2D eigenvalue weighted by Crippen LogP contribution is -2.52. The standard InChI is InChI=1S/C24H28ClN3O3/c1-17(2)21(15-26)27-10-12-28(13-11-27)24(29)19-6-9-22(23(14-19)30-3)31-16-18-4-7-20(25)8-5-18/h4-9,14,17,21H,10-13,16H2,1-3H3. The second-order valence-corrected chi connectivity index (χ2v) is 8.36. The van der Waals surface area contributed by atoms with Gasteiger partial charge in [0.05, 0.1) is 13.2 Å². The van der Waals surface area contributed by atoms with Crippen molar-refractivity contribution >= 4 is 17.5 Å². The van der Waals surface area contributed by atoms with Crippen molar-refractivity contribution in [1.29, 1.82) is 5.26 Å². The third-order valence-electron chi connectivity index (χ3n) is 5.48. The molecule has 31 heavy (non-hydrogen) atoms. The molecule has 6 nitrogen and oxygen atoms in total. The van der Waals surface area contributed by atoms with Crippen LogP contribution in [0.4, 0.5) is 0 Å². The van der Waals surface area contributed by atoms with Crippen molar-refractivity contribution in [2.45, 2.75) is 26.5 Å². The number of hydrogen-bond acceptors (Lipinski definition) is 5. The first-order valence-corrected chi connectivity index (χ1v) is 10.8. The number of carbonyl (C=O) groups is 1. The SMILES string of the molecule is COc1cc(C(=O)N2CCN(C(C#N)C(C)C)CC2)ccc1OCc1ccc(Cl)cc1. The smallest absolute Gasteiger partial charge is 0.254 e. The van der Waals surface area contributed by atoms with Crippen molar-refractivity contribution in [3.63, 3.8) is 0 Å². The van der Waals surface area contributed by atoms with E-state index in [2.05, 4.69) is 11.0 Å². The molecule has 2 aromatic carbocycles. The zero-order valence-corrected chi connectivity index (χ0v) is 18.9. The Bertz CT molecular complexity index is 932. The summed E-state index contributed by atoms with van der Waals surface area (Å²) < 4.78 is 11.3. The number of amides is 1. The minimum atomic E-state index is -0.116. The third-order valence-corrected chi connectivity index (χ3v) is 5.73. The molecule has 0 saturated carbocycles. The second-order valence-electron chi connectivity index (χ2n) is 7.93. The van der Waals surface area contributed by atoms with Crippen LogP contribution in [0.15, 0.2) is 42.5 Å². The molecule has 0 spiro atoms. The van der Waals surface area contributed by atoms with E-state index in [1.807, 2.05) is 43.0 Å². The fourth-order valence-electron chi connectivity index (χ4n) is 3.70. The number of carbonyl (C=O) groups excluding carboxylic acids is 1. The molecule has 3 rings (SSSR count). The second kappa shape index (κ2) is 10.5. The molecule has 0 bridgehead atoms. The first-order chi connectivity index (χ1) is 14.9. The highest BCUT2D eigenvalue weighted by atomic mass is 35.5. The summed E-state index contributed by atoms with van der Waals surface area (Å²) in [6, 6.07) is 15.0. The summed E-state index contributed by atoms with van der Waals surface area (Å²) in [5.41, 5.74) is 1.55. The first-order valence-electron chi connectivity index (χ1n) is 10.4. The van der Waals surface area contributed by atoms with E-state index in [1.165, 1.54) is 0 Å².